The van der Waals surface area contributed by atoms with Crippen LogP contribution in [-0.4, -0.2) is 16.0 Å². The van der Waals surface area contributed by atoms with E-state index in [2.05, 4.69) is 35.2 Å². The summed E-state index contributed by atoms with van der Waals surface area (Å²) in [4.78, 5) is 11.1. The summed E-state index contributed by atoms with van der Waals surface area (Å²) < 4.78 is 0. The lowest BCUT2D eigenvalue weighted by Crippen LogP contribution is -2.20. The van der Waals surface area contributed by atoms with E-state index in [-0.39, 0.29) is 0 Å². The first kappa shape index (κ1) is 14.1. The Morgan fingerprint density at radius 2 is 2.20 bits per heavy atom. The number of rotatable bonds is 6. The molecule has 0 amide bonds. The van der Waals surface area contributed by atoms with Crippen LogP contribution in [0.1, 0.15) is 44.4 Å². The molecule has 108 valence electrons. The fraction of sp³-hybridized carbons (Fsp3) is 0.600. The molecule has 0 aromatic carbocycles. The molecule has 3 rings (SSSR count). The summed E-state index contributed by atoms with van der Waals surface area (Å²) in [6.45, 7) is 4.39. The molecular weight excluding hydrogens is 290 g/mol. The van der Waals surface area contributed by atoms with Gasteiger partial charge in [-0.2, -0.15) is 0 Å². The van der Waals surface area contributed by atoms with Crippen LogP contribution >= 0.6 is 22.9 Å². The van der Waals surface area contributed by atoms with Crippen LogP contribution in [0, 0.1) is 5.92 Å². The van der Waals surface area contributed by atoms with E-state index in [9.17, 15) is 0 Å². The number of hydrogen-bond donors (Lipinski definition) is 1. The minimum atomic E-state index is 0.339. The number of aromatic nitrogens is 2. The molecule has 0 bridgehead atoms. The second-order valence-corrected chi connectivity index (χ2v) is 7.01. The topological polar surface area (TPSA) is 37.8 Å². The number of hydrogen-bond acceptors (Lipinski definition) is 4. The molecule has 1 N–H and O–H groups in total. The minimum absolute atomic E-state index is 0.339. The molecule has 1 saturated carbocycles. The molecular formula is C15H20ClN3S. The van der Waals surface area contributed by atoms with Gasteiger partial charge in [0, 0.05) is 10.9 Å². The van der Waals surface area contributed by atoms with Gasteiger partial charge < -0.3 is 5.32 Å². The van der Waals surface area contributed by atoms with Crippen molar-refractivity contribution in [3.05, 3.63) is 16.2 Å². The zero-order chi connectivity index (χ0) is 14.1. The van der Waals surface area contributed by atoms with Gasteiger partial charge in [-0.25, -0.2) is 9.97 Å². The molecule has 2 aromatic heterocycles. The van der Waals surface area contributed by atoms with Crippen molar-refractivity contribution in [2.24, 2.45) is 5.92 Å². The van der Waals surface area contributed by atoms with Crippen LogP contribution in [0.5, 0.6) is 0 Å². The summed E-state index contributed by atoms with van der Waals surface area (Å²) in [7, 11) is 0. The molecule has 2 heterocycles. The van der Waals surface area contributed by atoms with E-state index in [4.69, 9.17) is 11.6 Å². The van der Waals surface area contributed by atoms with Gasteiger partial charge in [-0.1, -0.05) is 26.7 Å². The van der Waals surface area contributed by atoms with Crippen LogP contribution in [0.25, 0.3) is 10.2 Å². The van der Waals surface area contributed by atoms with Crippen molar-refractivity contribution < 1.29 is 0 Å². The van der Waals surface area contributed by atoms with E-state index in [0.717, 1.165) is 34.8 Å². The number of nitrogens with zero attached hydrogens (tertiary/aromatic N) is 2. The highest BCUT2D eigenvalue weighted by atomic mass is 35.5. The van der Waals surface area contributed by atoms with E-state index >= 15 is 0 Å². The second-order valence-electron chi connectivity index (χ2n) is 5.55. The molecule has 0 spiro atoms. The third kappa shape index (κ3) is 3.07. The van der Waals surface area contributed by atoms with Gasteiger partial charge in [0.05, 0.1) is 5.39 Å². The number of fused-ring (bicyclic) bond motifs is 1. The molecule has 1 aliphatic rings. The largest absolute Gasteiger partial charge is 0.367 e. The molecule has 5 heteroatoms. The molecule has 2 aromatic rings. The Balaban J connectivity index is 1.89. The van der Waals surface area contributed by atoms with Crippen LogP contribution in [0.3, 0.4) is 0 Å². The summed E-state index contributed by atoms with van der Waals surface area (Å²) in [6, 6.07) is 2.68. The molecule has 1 atom stereocenters. The van der Waals surface area contributed by atoms with Crippen LogP contribution in [0.2, 0.25) is 5.28 Å². The Morgan fingerprint density at radius 1 is 1.40 bits per heavy atom. The fourth-order valence-corrected chi connectivity index (χ4v) is 3.69. The first-order valence-electron chi connectivity index (χ1n) is 7.42. The van der Waals surface area contributed by atoms with Crippen LogP contribution in [-0.2, 0) is 6.42 Å². The normalized spacial score (nSPS) is 16.6. The van der Waals surface area contributed by atoms with Crippen molar-refractivity contribution in [1.29, 1.82) is 0 Å². The molecule has 0 aliphatic heterocycles. The van der Waals surface area contributed by atoms with Crippen molar-refractivity contribution in [1.82, 2.24) is 9.97 Å². The van der Waals surface area contributed by atoms with Crippen molar-refractivity contribution in [2.75, 3.05) is 5.32 Å². The third-order valence-corrected chi connectivity index (χ3v) is 5.26. The molecule has 0 saturated heterocycles. The highest BCUT2D eigenvalue weighted by molar-refractivity contribution is 7.18. The number of nitrogens with one attached hydrogen (secondary N) is 1. The van der Waals surface area contributed by atoms with E-state index in [0.29, 0.717) is 11.3 Å². The highest BCUT2D eigenvalue weighted by Crippen LogP contribution is 2.36. The maximum Gasteiger partial charge on any atom is 0.225 e. The Bertz CT molecular complexity index is 606. The quantitative estimate of drug-likeness (QED) is 0.771. The SMILES string of the molecule is CCc1cc2c(NC(CC)CC3CC3)nc(Cl)nc2s1. The number of thiophene rings is 1. The molecule has 3 nitrogen and oxygen atoms in total. The first-order chi connectivity index (χ1) is 9.69. The highest BCUT2D eigenvalue weighted by Gasteiger charge is 2.25. The standard InChI is InChI=1S/C15H20ClN3S/c1-3-10(7-9-5-6-9)17-13-12-8-11(4-2)20-14(12)19-15(16)18-13/h8-10H,3-7H2,1-2H3,(H,17,18,19). The fourth-order valence-electron chi connectivity index (χ4n) is 2.51. The summed E-state index contributed by atoms with van der Waals surface area (Å²) in [5.41, 5.74) is 0. The van der Waals surface area contributed by atoms with Crippen molar-refractivity contribution in [2.45, 2.75) is 52.0 Å². The number of anilines is 1. The lowest BCUT2D eigenvalue weighted by molar-refractivity contribution is 0.585. The summed E-state index contributed by atoms with van der Waals surface area (Å²) in [5, 5.41) is 5.05. The van der Waals surface area contributed by atoms with Crippen molar-refractivity contribution >= 4 is 39.0 Å². The Hall–Kier alpha value is -0.870. The van der Waals surface area contributed by atoms with Crippen molar-refractivity contribution in [3.63, 3.8) is 0 Å². The van der Waals surface area contributed by atoms with Crippen LogP contribution in [0.15, 0.2) is 6.07 Å². The maximum atomic E-state index is 6.07. The lowest BCUT2D eigenvalue weighted by atomic mass is 10.1. The maximum absolute atomic E-state index is 6.07. The predicted octanol–water partition coefficient (Wildman–Crippen LogP) is 4.90. The van der Waals surface area contributed by atoms with Crippen LogP contribution in [0.4, 0.5) is 5.82 Å². The van der Waals surface area contributed by atoms with Crippen LogP contribution < -0.4 is 5.32 Å². The number of halogens is 1. The van der Waals surface area contributed by atoms with E-state index in [1.54, 1.807) is 11.3 Å². The molecule has 1 fully saturated rings. The molecule has 20 heavy (non-hydrogen) atoms. The summed E-state index contributed by atoms with van der Waals surface area (Å²) in [5.74, 6) is 1.82. The summed E-state index contributed by atoms with van der Waals surface area (Å²) >= 11 is 7.78. The molecule has 1 unspecified atom stereocenters. The van der Waals surface area contributed by atoms with Gasteiger partial charge in [-0.15, -0.1) is 11.3 Å². The van der Waals surface area contributed by atoms with Gasteiger partial charge in [-0.3, -0.25) is 0 Å². The number of aryl methyl sites for hydroxylation is 1. The van der Waals surface area contributed by atoms with Gasteiger partial charge in [0.1, 0.15) is 10.6 Å². The Labute approximate surface area is 128 Å². The van der Waals surface area contributed by atoms with E-state index in [1.165, 1.54) is 24.1 Å². The first-order valence-corrected chi connectivity index (χ1v) is 8.61. The lowest BCUT2D eigenvalue weighted by Gasteiger charge is -2.17. The average Bonchev–Trinajstić information content (AvgIpc) is 3.14. The van der Waals surface area contributed by atoms with Gasteiger partial charge in [0.25, 0.3) is 0 Å². The van der Waals surface area contributed by atoms with Gasteiger partial charge in [0.15, 0.2) is 0 Å². The van der Waals surface area contributed by atoms with Crippen molar-refractivity contribution in [3.8, 4) is 0 Å². The smallest absolute Gasteiger partial charge is 0.225 e. The Kier molecular flexibility index (Phi) is 4.13. The monoisotopic (exact) mass is 309 g/mol. The minimum Gasteiger partial charge on any atom is -0.367 e. The molecule has 1 aliphatic carbocycles. The Morgan fingerprint density at radius 3 is 2.85 bits per heavy atom. The van der Waals surface area contributed by atoms with Gasteiger partial charge >= 0.3 is 0 Å². The predicted molar refractivity (Wildman–Crippen MR) is 86.8 cm³/mol. The molecule has 0 radical (unpaired) electrons. The second kappa shape index (κ2) is 5.86. The zero-order valence-corrected chi connectivity index (χ0v) is 13.5. The third-order valence-electron chi connectivity index (χ3n) is 3.91. The van der Waals surface area contributed by atoms with E-state index in [1.807, 2.05) is 0 Å². The zero-order valence-electron chi connectivity index (χ0n) is 11.9. The van der Waals surface area contributed by atoms with E-state index < -0.39 is 0 Å². The van der Waals surface area contributed by atoms with Gasteiger partial charge in [0.2, 0.25) is 5.28 Å². The average molecular weight is 310 g/mol. The summed E-state index contributed by atoms with van der Waals surface area (Å²) in [6.07, 6.45) is 6.15. The van der Waals surface area contributed by atoms with Gasteiger partial charge in [-0.05, 0) is 42.8 Å².